The minimum Gasteiger partial charge on any atom is -0.353 e. The SMILES string of the molecule is O=C(CSc1ncnc2ccccc12)NC1CCCC1. The van der Waals surface area contributed by atoms with E-state index in [0.717, 1.165) is 28.8 Å². The zero-order chi connectivity index (χ0) is 13.8. The quantitative estimate of drug-likeness (QED) is 0.694. The highest BCUT2D eigenvalue weighted by molar-refractivity contribution is 8.00. The molecule has 0 unspecified atom stereocenters. The molecule has 0 spiro atoms. The Morgan fingerprint density at radius 3 is 2.90 bits per heavy atom. The number of fused-ring (bicyclic) bond motifs is 1. The molecule has 1 heterocycles. The fraction of sp³-hybridized carbons (Fsp3) is 0.400. The number of carbonyl (C=O) groups excluding carboxylic acids is 1. The van der Waals surface area contributed by atoms with Crippen molar-refractivity contribution in [1.82, 2.24) is 15.3 Å². The Hall–Kier alpha value is -1.62. The van der Waals surface area contributed by atoms with Crippen LogP contribution in [-0.4, -0.2) is 27.7 Å². The van der Waals surface area contributed by atoms with E-state index < -0.39 is 0 Å². The van der Waals surface area contributed by atoms with Crippen LogP contribution in [0.2, 0.25) is 0 Å². The Labute approximate surface area is 122 Å². The minimum absolute atomic E-state index is 0.101. The van der Waals surface area contributed by atoms with Crippen LogP contribution in [0.1, 0.15) is 25.7 Å². The molecule has 0 bridgehead atoms. The summed E-state index contributed by atoms with van der Waals surface area (Å²) in [7, 11) is 0. The lowest BCUT2D eigenvalue weighted by Crippen LogP contribution is -2.33. The second kappa shape index (κ2) is 6.22. The van der Waals surface area contributed by atoms with Gasteiger partial charge in [-0.25, -0.2) is 9.97 Å². The van der Waals surface area contributed by atoms with Crippen LogP contribution in [-0.2, 0) is 4.79 Å². The van der Waals surface area contributed by atoms with Crippen molar-refractivity contribution in [2.24, 2.45) is 0 Å². The Bertz CT molecular complexity index is 606. The summed E-state index contributed by atoms with van der Waals surface area (Å²) in [5, 5.41) is 4.97. The number of hydrogen-bond acceptors (Lipinski definition) is 4. The maximum absolute atomic E-state index is 11.9. The maximum atomic E-state index is 11.9. The maximum Gasteiger partial charge on any atom is 0.230 e. The molecule has 1 fully saturated rings. The van der Waals surface area contributed by atoms with Gasteiger partial charge in [0.05, 0.1) is 11.3 Å². The molecule has 1 aromatic carbocycles. The number of thioether (sulfide) groups is 1. The topological polar surface area (TPSA) is 54.9 Å². The summed E-state index contributed by atoms with van der Waals surface area (Å²) in [6, 6.07) is 8.25. The Morgan fingerprint density at radius 1 is 1.25 bits per heavy atom. The van der Waals surface area contributed by atoms with Gasteiger partial charge in [0.2, 0.25) is 5.91 Å². The molecule has 2 aromatic rings. The number of nitrogens with zero attached hydrogens (tertiary/aromatic N) is 2. The first-order valence-electron chi connectivity index (χ1n) is 6.95. The summed E-state index contributed by atoms with van der Waals surface area (Å²) in [5.41, 5.74) is 0.918. The number of amides is 1. The van der Waals surface area contributed by atoms with Gasteiger partial charge in [-0.15, -0.1) is 0 Å². The van der Waals surface area contributed by atoms with E-state index in [4.69, 9.17) is 0 Å². The van der Waals surface area contributed by atoms with Gasteiger partial charge in [-0.05, 0) is 18.9 Å². The van der Waals surface area contributed by atoms with Crippen molar-refractivity contribution < 1.29 is 4.79 Å². The van der Waals surface area contributed by atoms with Crippen LogP contribution in [0.5, 0.6) is 0 Å². The van der Waals surface area contributed by atoms with Crippen LogP contribution < -0.4 is 5.32 Å². The average molecular weight is 287 g/mol. The van der Waals surface area contributed by atoms with Crippen molar-refractivity contribution >= 4 is 28.6 Å². The number of benzene rings is 1. The molecular weight excluding hydrogens is 270 g/mol. The Morgan fingerprint density at radius 2 is 2.05 bits per heavy atom. The third-order valence-electron chi connectivity index (χ3n) is 3.57. The van der Waals surface area contributed by atoms with Gasteiger partial charge in [-0.2, -0.15) is 0 Å². The van der Waals surface area contributed by atoms with Crippen LogP contribution in [0.4, 0.5) is 0 Å². The molecule has 1 aliphatic carbocycles. The van der Waals surface area contributed by atoms with Crippen LogP contribution in [0.25, 0.3) is 10.9 Å². The fourth-order valence-electron chi connectivity index (χ4n) is 2.57. The van der Waals surface area contributed by atoms with Crippen molar-refractivity contribution in [2.45, 2.75) is 36.8 Å². The van der Waals surface area contributed by atoms with Crippen molar-refractivity contribution in [3.8, 4) is 0 Å². The number of aromatic nitrogens is 2. The third-order valence-corrected chi connectivity index (χ3v) is 4.57. The summed E-state index contributed by atoms with van der Waals surface area (Å²) in [4.78, 5) is 20.4. The van der Waals surface area contributed by atoms with E-state index in [1.165, 1.54) is 24.6 Å². The van der Waals surface area contributed by atoms with Gasteiger partial charge >= 0.3 is 0 Å². The minimum atomic E-state index is 0.101. The lowest BCUT2D eigenvalue weighted by atomic mass is 10.2. The van der Waals surface area contributed by atoms with Crippen molar-refractivity contribution in [3.05, 3.63) is 30.6 Å². The molecule has 104 valence electrons. The first kappa shape index (κ1) is 13.4. The smallest absolute Gasteiger partial charge is 0.230 e. The second-order valence-corrected chi connectivity index (χ2v) is 6.00. The molecule has 20 heavy (non-hydrogen) atoms. The summed E-state index contributed by atoms with van der Waals surface area (Å²) in [6.07, 6.45) is 6.25. The molecule has 1 amide bonds. The second-order valence-electron chi connectivity index (χ2n) is 5.03. The third kappa shape index (κ3) is 3.10. The molecule has 1 aliphatic rings. The predicted octanol–water partition coefficient (Wildman–Crippen LogP) is 2.78. The number of para-hydroxylation sites is 1. The highest BCUT2D eigenvalue weighted by Gasteiger charge is 2.17. The standard InChI is InChI=1S/C15H17N3OS/c19-14(18-11-5-1-2-6-11)9-20-15-12-7-3-4-8-13(12)16-10-17-15/h3-4,7-8,10-11H,1-2,5-6,9H2,(H,18,19). The van der Waals surface area contributed by atoms with Crippen LogP contribution in [0, 0.1) is 0 Å². The molecule has 0 saturated heterocycles. The van der Waals surface area contributed by atoms with E-state index in [1.54, 1.807) is 6.33 Å². The van der Waals surface area contributed by atoms with Crippen LogP contribution in [0.15, 0.2) is 35.6 Å². The number of hydrogen-bond donors (Lipinski definition) is 1. The first-order chi connectivity index (χ1) is 9.83. The van der Waals surface area contributed by atoms with Gasteiger partial charge in [-0.1, -0.05) is 42.8 Å². The highest BCUT2D eigenvalue weighted by atomic mass is 32.2. The largest absolute Gasteiger partial charge is 0.353 e. The van der Waals surface area contributed by atoms with Gasteiger partial charge < -0.3 is 5.32 Å². The monoisotopic (exact) mass is 287 g/mol. The van der Waals surface area contributed by atoms with Crippen LogP contribution in [0.3, 0.4) is 0 Å². The van der Waals surface area contributed by atoms with E-state index >= 15 is 0 Å². The van der Waals surface area contributed by atoms with Crippen molar-refractivity contribution in [1.29, 1.82) is 0 Å². The molecule has 0 aliphatic heterocycles. The van der Waals surface area contributed by atoms with Gasteiger partial charge in [-0.3, -0.25) is 4.79 Å². The average Bonchev–Trinajstić information content (AvgIpc) is 2.98. The van der Waals surface area contributed by atoms with E-state index in [9.17, 15) is 4.79 Å². The highest BCUT2D eigenvalue weighted by Crippen LogP contribution is 2.24. The van der Waals surface area contributed by atoms with Gasteiger partial charge in [0.25, 0.3) is 0 Å². The summed E-state index contributed by atoms with van der Waals surface area (Å²) < 4.78 is 0. The molecule has 1 saturated carbocycles. The van der Waals surface area contributed by atoms with Gasteiger partial charge in [0, 0.05) is 11.4 Å². The fourth-order valence-corrected chi connectivity index (χ4v) is 3.37. The molecule has 1 N–H and O–H groups in total. The lowest BCUT2D eigenvalue weighted by Gasteiger charge is -2.11. The normalized spacial score (nSPS) is 15.6. The van der Waals surface area contributed by atoms with E-state index in [2.05, 4.69) is 15.3 Å². The zero-order valence-electron chi connectivity index (χ0n) is 11.2. The molecule has 0 radical (unpaired) electrons. The van der Waals surface area contributed by atoms with Crippen molar-refractivity contribution in [2.75, 3.05) is 5.75 Å². The van der Waals surface area contributed by atoms with E-state index in [-0.39, 0.29) is 5.91 Å². The zero-order valence-corrected chi connectivity index (χ0v) is 12.0. The van der Waals surface area contributed by atoms with Crippen molar-refractivity contribution in [3.63, 3.8) is 0 Å². The molecule has 4 nitrogen and oxygen atoms in total. The van der Waals surface area contributed by atoms with E-state index in [1.807, 2.05) is 24.3 Å². The Balaban J connectivity index is 1.63. The van der Waals surface area contributed by atoms with Gasteiger partial charge in [0.1, 0.15) is 11.4 Å². The molecule has 3 rings (SSSR count). The number of rotatable bonds is 4. The van der Waals surface area contributed by atoms with Crippen LogP contribution >= 0.6 is 11.8 Å². The lowest BCUT2D eigenvalue weighted by molar-refractivity contribution is -0.119. The summed E-state index contributed by atoms with van der Waals surface area (Å²) in [6.45, 7) is 0. The Kier molecular flexibility index (Phi) is 4.16. The van der Waals surface area contributed by atoms with E-state index in [0.29, 0.717) is 11.8 Å². The number of nitrogens with one attached hydrogen (secondary N) is 1. The summed E-state index contributed by atoms with van der Waals surface area (Å²) in [5.74, 6) is 0.516. The molecule has 0 atom stereocenters. The first-order valence-corrected chi connectivity index (χ1v) is 7.93. The predicted molar refractivity (Wildman–Crippen MR) is 80.7 cm³/mol. The van der Waals surface area contributed by atoms with Gasteiger partial charge in [0.15, 0.2) is 0 Å². The molecule has 5 heteroatoms. The molecular formula is C15H17N3OS. The summed E-state index contributed by atoms with van der Waals surface area (Å²) >= 11 is 1.48. The number of carbonyl (C=O) groups is 1. The molecule has 1 aromatic heterocycles.